The second kappa shape index (κ2) is 13.3. The molecule has 0 atom stereocenters. The number of aromatic nitrogens is 2. The van der Waals surface area contributed by atoms with Crippen LogP contribution in [0.2, 0.25) is 0 Å². The van der Waals surface area contributed by atoms with E-state index in [-0.39, 0.29) is 0 Å². The van der Waals surface area contributed by atoms with Gasteiger partial charge < -0.3 is 19.5 Å². The molecule has 1 saturated carbocycles. The normalized spacial score (nSPS) is 13.2. The molecule has 1 aromatic heterocycles. The number of aryl methyl sites for hydroxylation is 1. The van der Waals surface area contributed by atoms with E-state index in [1.54, 1.807) is 0 Å². The molecular weight excluding hydrogens is 392 g/mol. The maximum Gasteiger partial charge on any atom is 0.298 e. The Kier molecular flexibility index (Phi) is 10.3. The van der Waals surface area contributed by atoms with Gasteiger partial charge >= 0.3 is 0 Å². The molecular formula is C24H34N4O3. The quantitative estimate of drug-likeness (QED) is 0.209. The molecule has 7 nitrogen and oxygen atoms in total. The molecule has 3 rings (SSSR count). The highest BCUT2D eigenvalue weighted by Crippen LogP contribution is 2.38. The molecule has 1 aliphatic rings. The molecule has 0 radical (unpaired) electrons. The topological polar surface area (TPSA) is 80.5 Å². The first kappa shape index (κ1) is 24.2. The molecule has 0 bridgehead atoms. The molecule has 0 unspecified atom stereocenters. The highest BCUT2D eigenvalue weighted by atomic mass is 16.5. The number of carbonyl (C=O) groups excluding carboxylic acids is 1. The van der Waals surface area contributed by atoms with Crippen LogP contribution < -0.4 is 5.32 Å². The molecule has 0 aliphatic heterocycles. The molecule has 0 spiro atoms. The number of hydrogen-bond acceptors (Lipinski definition) is 7. The van der Waals surface area contributed by atoms with Crippen LogP contribution in [0, 0.1) is 0 Å². The first-order valence-corrected chi connectivity index (χ1v) is 10.9. The van der Waals surface area contributed by atoms with Crippen LogP contribution in [-0.4, -0.2) is 41.6 Å². The Morgan fingerprint density at radius 3 is 2.84 bits per heavy atom. The van der Waals surface area contributed by atoms with Gasteiger partial charge in [0.2, 0.25) is 5.89 Å². The number of carbonyl (C=O) groups is 1. The van der Waals surface area contributed by atoms with Gasteiger partial charge in [-0.3, -0.25) is 4.79 Å². The summed E-state index contributed by atoms with van der Waals surface area (Å²) in [6.45, 7) is 10.2. The van der Waals surface area contributed by atoms with Gasteiger partial charge in [-0.15, -0.1) is 13.2 Å². The lowest BCUT2D eigenvalue weighted by atomic mass is 10.1. The molecule has 7 heteroatoms. The van der Waals surface area contributed by atoms with Crippen LogP contribution in [0.3, 0.4) is 0 Å². The summed E-state index contributed by atoms with van der Waals surface area (Å²) in [7, 11) is 1.94. The van der Waals surface area contributed by atoms with Gasteiger partial charge in [0.05, 0.1) is 0 Å². The first-order chi connectivity index (χ1) is 15.2. The van der Waals surface area contributed by atoms with Crippen LogP contribution in [0.4, 0.5) is 5.69 Å². The van der Waals surface area contributed by atoms with Crippen LogP contribution in [0.25, 0.3) is 5.76 Å². The Morgan fingerprint density at radius 1 is 1.32 bits per heavy atom. The van der Waals surface area contributed by atoms with Gasteiger partial charge in [0.1, 0.15) is 0 Å². The van der Waals surface area contributed by atoms with E-state index in [1.165, 1.54) is 12.8 Å². The lowest BCUT2D eigenvalue weighted by Crippen LogP contribution is -2.10. The maximum atomic E-state index is 10.8. The van der Waals surface area contributed by atoms with E-state index in [2.05, 4.69) is 28.6 Å². The van der Waals surface area contributed by atoms with Gasteiger partial charge in [0.25, 0.3) is 6.47 Å². The fourth-order valence-electron chi connectivity index (χ4n) is 2.99. The average molecular weight is 427 g/mol. The third-order valence-corrected chi connectivity index (χ3v) is 4.98. The minimum absolute atomic E-state index is 0.465. The summed E-state index contributed by atoms with van der Waals surface area (Å²) in [5.74, 6) is 2.73. The predicted octanol–water partition coefficient (Wildman–Crippen LogP) is 5.00. The smallest absolute Gasteiger partial charge is 0.298 e. The largest absolute Gasteiger partial charge is 0.427 e. The minimum Gasteiger partial charge on any atom is -0.427 e. The zero-order chi connectivity index (χ0) is 22.5. The Labute approximate surface area is 185 Å². The Hall–Kier alpha value is -3.09. The van der Waals surface area contributed by atoms with Gasteiger partial charge in [0, 0.05) is 49.9 Å². The van der Waals surface area contributed by atoms with Crippen molar-refractivity contribution < 1.29 is 14.1 Å². The Balaban J connectivity index is 0.00000166. The molecule has 0 saturated heterocycles. The van der Waals surface area contributed by atoms with E-state index in [4.69, 9.17) is 9.26 Å². The number of nitrogens with one attached hydrogen (secondary N) is 1. The second-order valence-corrected chi connectivity index (χ2v) is 7.42. The first-order valence-electron chi connectivity index (χ1n) is 10.9. The summed E-state index contributed by atoms with van der Waals surface area (Å²) in [6, 6.07) is 7.91. The zero-order valence-corrected chi connectivity index (χ0v) is 18.7. The van der Waals surface area contributed by atoms with E-state index in [0.717, 1.165) is 61.7 Å². The van der Waals surface area contributed by atoms with Crippen molar-refractivity contribution in [2.45, 2.75) is 51.4 Å². The van der Waals surface area contributed by atoms with E-state index >= 15 is 0 Å². The molecule has 1 heterocycles. The highest BCUT2D eigenvalue weighted by Gasteiger charge is 2.28. The van der Waals surface area contributed by atoms with Crippen LogP contribution in [0.5, 0.6) is 0 Å². The number of anilines is 1. The van der Waals surface area contributed by atoms with Crippen LogP contribution >= 0.6 is 0 Å². The van der Waals surface area contributed by atoms with Crippen molar-refractivity contribution in [3.63, 3.8) is 0 Å². The van der Waals surface area contributed by atoms with Gasteiger partial charge in [-0.2, -0.15) is 4.98 Å². The average Bonchev–Trinajstić information content (AvgIpc) is 3.55. The van der Waals surface area contributed by atoms with Crippen molar-refractivity contribution in [3.8, 4) is 0 Å². The molecule has 31 heavy (non-hydrogen) atoms. The van der Waals surface area contributed by atoms with Crippen molar-refractivity contribution in [2.75, 3.05) is 25.5 Å². The molecule has 1 N–H and O–H groups in total. The van der Waals surface area contributed by atoms with Crippen molar-refractivity contribution in [1.29, 1.82) is 0 Å². The van der Waals surface area contributed by atoms with Gasteiger partial charge in [-0.1, -0.05) is 23.7 Å². The lowest BCUT2D eigenvalue weighted by molar-refractivity contribution is -0.122. The van der Waals surface area contributed by atoms with E-state index in [9.17, 15) is 4.79 Å². The molecule has 1 aromatic carbocycles. The fourth-order valence-corrected chi connectivity index (χ4v) is 2.99. The van der Waals surface area contributed by atoms with Crippen molar-refractivity contribution in [1.82, 2.24) is 15.0 Å². The summed E-state index contributed by atoms with van der Waals surface area (Å²) in [6.07, 6.45) is 8.25. The Morgan fingerprint density at radius 2 is 2.13 bits per heavy atom. The minimum atomic E-state index is 0.465. The summed E-state index contributed by atoms with van der Waals surface area (Å²) < 4.78 is 10.5. The zero-order valence-electron chi connectivity index (χ0n) is 18.7. The fraction of sp³-hybridized carbons (Fsp3) is 0.458. The summed E-state index contributed by atoms with van der Waals surface area (Å²) in [4.78, 5) is 17.3. The van der Waals surface area contributed by atoms with Crippen LogP contribution in [0.15, 0.2) is 48.1 Å². The SMILES string of the molecule is C=C.CCN(C)/C=C(\OC=O)c1cccc(NCCCCCc2nc(C3CC3)no2)c1. The number of rotatable bonds is 13. The summed E-state index contributed by atoms with van der Waals surface area (Å²) in [5.41, 5.74) is 1.87. The number of benzene rings is 1. The monoisotopic (exact) mass is 426 g/mol. The summed E-state index contributed by atoms with van der Waals surface area (Å²) >= 11 is 0. The second-order valence-electron chi connectivity index (χ2n) is 7.42. The van der Waals surface area contributed by atoms with E-state index in [0.29, 0.717) is 18.1 Å². The number of nitrogens with zero attached hydrogens (tertiary/aromatic N) is 3. The van der Waals surface area contributed by atoms with E-state index < -0.39 is 0 Å². The van der Waals surface area contributed by atoms with Crippen LogP contribution in [-0.2, 0) is 16.0 Å². The van der Waals surface area contributed by atoms with Gasteiger partial charge in [-0.25, -0.2) is 0 Å². The molecule has 0 amide bonds. The van der Waals surface area contributed by atoms with Crippen molar-refractivity contribution in [2.24, 2.45) is 0 Å². The third-order valence-electron chi connectivity index (χ3n) is 4.98. The molecule has 1 aliphatic carbocycles. The lowest BCUT2D eigenvalue weighted by Gasteiger charge is -2.14. The maximum absolute atomic E-state index is 10.8. The molecule has 168 valence electrons. The molecule has 1 fully saturated rings. The summed E-state index contributed by atoms with van der Waals surface area (Å²) in [5, 5.41) is 7.49. The van der Waals surface area contributed by atoms with Gasteiger partial charge in [0.15, 0.2) is 11.6 Å². The third kappa shape index (κ3) is 8.28. The highest BCUT2D eigenvalue weighted by molar-refractivity contribution is 5.68. The predicted molar refractivity (Wildman–Crippen MR) is 123 cm³/mol. The number of hydrogen-bond donors (Lipinski definition) is 1. The Bertz CT molecular complexity index is 830. The van der Waals surface area contributed by atoms with Crippen molar-refractivity contribution in [3.05, 3.63) is 60.9 Å². The number of unbranched alkanes of at least 4 members (excludes halogenated alkanes) is 2. The molecule has 2 aromatic rings. The standard InChI is InChI=1S/C22H30N4O3.C2H4/c1-3-26(2)15-20(28-16-27)18-8-7-9-19(14-18)23-13-6-4-5-10-21-24-22(25-29-21)17-11-12-17;1-2/h7-9,14-17,23H,3-6,10-13H2,1-2H3;1-2H2/b20-15-;. The number of ether oxygens (including phenoxy) is 1. The van der Waals surface area contributed by atoms with Crippen LogP contribution in [0.1, 0.15) is 62.2 Å². The van der Waals surface area contributed by atoms with E-state index in [1.807, 2.05) is 49.3 Å². The van der Waals surface area contributed by atoms with Crippen molar-refractivity contribution >= 4 is 17.9 Å². The van der Waals surface area contributed by atoms with Gasteiger partial charge in [-0.05, 0) is 44.7 Å².